The van der Waals surface area contributed by atoms with E-state index in [9.17, 15) is 4.79 Å². The van der Waals surface area contributed by atoms with Gasteiger partial charge in [-0.25, -0.2) is 4.79 Å². The molecule has 2 aromatic heterocycles. The highest BCUT2D eigenvalue weighted by molar-refractivity contribution is 7.15. The van der Waals surface area contributed by atoms with Gasteiger partial charge in [0.15, 0.2) is 0 Å². The zero-order valence-corrected chi connectivity index (χ0v) is 22.6. The molecule has 190 valence electrons. The molecule has 0 fully saturated rings. The highest BCUT2D eigenvalue weighted by Crippen LogP contribution is 2.43. The summed E-state index contributed by atoms with van der Waals surface area (Å²) >= 11 is 1.87. The Labute approximate surface area is 222 Å². The number of ether oxygens (including phenoxy) is 1. The normalized spacial score (nSPS) is 17.0. The Morgan fingerprint density at radius 3 is 2.65 bits per heavy atom. The van der Waals surface area contributed by atoms with Crippen LogP contribution in [0.5, 0.6) is 5.75 Å². The largest absolute Gasteiger partial charge is 0.497 e. The highest BCUT2D eigenvalue weighted by Gasteiger charge is 2.36. The monoisotopic (exact) mass is 512 g/mol. The first kappa shape index (κ1) is 23.8. The summed E-state index contributed by atoms with van der Waals surface area (Å²) in [6.45, 7) is 6.63. The average molecular weight is 513 g/mol. The molecule has 4 aromatic rings. The van der Waals surface area contributed by atoms with E-state index in [4.69, 9.17) is 4.74 Å². The maximum atomic E-state index is 14.2. The van der Waals surface area contributed by atoms with E-state index in [0.29, 0.717) is 6.54 Å². The summed E-state index contributed by atoms with van der Waals surface area (Å²) in [4.78, 5) is 19.9. The van der Waals surface area contributed by atoms with Gasteiger partial charge in [0, 0.05) is 35.4 Å². The van der Waals surface area contributed by atoms with E-state index < -0.39 is 0 Å². The number of carbonyl (C=O) groups is 1. The predicted molar refractivity (Wildman–Crippen MR) is 149 cm³/mol. The fourth-order valence-corrected chi connectivity index (χ4v) is 6.99. The third kappa shape index (κ3) is 4.22. The Hall–Kier alpha value is -3.55. The van der Waals surface area contributed by atoms with Crippen molar-refractivity contribution in [3.05, 3.63) is 99.2 Å². The SMILES string of the molecule is COc1ccc([C@H]2c3cccn3-c3sc4c(c3CN2C(=O)Nc2cc(C)ccc2C)CCN(C)C4)cc1. The Balaban J connectivity index is 1.49. The van der Waals surface area contributed by atoms with Crippen LogP contribution in [0.1, 0.15) is 44.4 Å². The average Bonchev–Trinajstić information content (AvgIpc) is 3.47. The molecule has 0 aliphatic carbocycles. The molecule has 37 heavy (non-hydrogen) atoms. The third-order valence-electron chi connectivity index (χ3n) is 7.58. The number of likely N-dealkylation sites (N-methyl/N-ethyl adjacent to an activating group) is 1. The van der Waals surface area contributed by atoms with Gasteiger partial charge in [0.2, 0.25) is 0 Å². The number of amides is 2. The first-order valence-corrected chi connectivity index (χ1v) is 13.5. The van der Waals surface area contributed by atoms with Gasteiger partial charge in [0.1, 0.15) is 10.8 Å². The van der Waals surface area contributed by atoms with E-state index >= 15 is 0 Å². The Morgan fingerprint density at radius 1 is 1.05 bits per heavy atom. The highest BCUT2D eigenvalue weighted by atomic mass is 32.1. The standard InChI is InChI=1S/C30H32N4O2S/c1-19-7-8-20(2)25(16-19)31-30(35)34-17-24-23-13-15-32(3)18-27(23)37-29(24)33-14-5-6-26(33)28(34)21-9-11-22(36-4)12-10-21/h5-12,14,16,28H,13,15,17-18H2,1-4H3,(H,31,35)/t28-/m0/s1. The van der Waals surface area contributed by atoms with Crippen molar-refractivity contribution in [3.8, 4) is 10.8 Å². The number of thiophene rings is 1. The van der Waals surface area contributed by atoms with Crippen LogP contribution in [-0.4, -0.2) is 41.1 Å². The van der Waals surface area contributed by atoms with Crippen LogP contribution < -0.4 is 10.1 Å². The molecule has 2 aromatic carbocycles. The maximum Gasteiger partial charge on any atom is 0.322 e. The van der Waals surface area contributed by atoms with Crippen molar-refractivity contribution in [2.24, 2.45) is 0 Å². The van der Waals surface area contributed by atoms with Crippen LogP contribution in [0.2, 0.25) is 0 Å². The van der Waals surface area contributed by atoms with Crippen LogP contribution in [0.3, 0.4) is 0 Å². The maximum absolute atomic E-state index is 14.2. The number of nitrogens with zero attached hydrogens (tertiary/aromatic N) is 3. The van der Waals surface area contributed by atoms with Gasteiger partial charge >= 0.3 is 6.03 Å². The van der Waals surface area contributed by atoms with Gasteiger partial charge in [0.25, 0.3) is 0 Å². The lowest BCUT2D eigenvalue weighted by Gasteiger charge is -2.32. The quantitative estimate of drug-likeness (QED) is 0.351. The van der Waals surface area contributed by atoms with E-state index in [1.54, 1.807) is 7.11 Å². The van der Waals surface area contributed by atoms with Gasteiger partial charge in [0.05, 0.1) is 25.4 Å². The minimum absolute atomic E-state index is 0.0944. The van der Waals surface area contributed by atoms with Gasteiger partial charge < -0.3 is 24.4 Å². The summed E-state index contributed by atoms with van der Waals surface area (Å²) in [7, 11) is 3.85. The second-order valence-electron chi connectivity index (χ2n) is 10.1. The van der Waals surface area contributed by atoms with Gasteiger partial charge in [-0.1, -0.05) is 24.3 Å². The molecule has 2 aliphatic heterocycles. The molecule has 6 nitrogen and oxygen atoms in total. The van der Waals surface area contributed by atoms with Crippen LogP contribution in [0.15, 0.2) is 60.8 Å². The Kier molecular flexibility index (Phi) is 6.05. The van der Waals surface area contributed by atoms with Crippen LogP contribution in [0, 0.1) is 13.8 Å². The molecule has 0 bridgehead atoms. The summed E-state index contributed by atoms with van der Waals surface area (Å²) in [6.07, 6.45) is 3.15. The number of rotatable bonds is 3. The minimum Gasteiger partial charge on any atom is -0.497 e. The second-order valence-corrected chi connectivity index (χ2v) is 11.2. The van der Waals surface area contributed by atoms with Crippen LogP contribution >= 0.6 is 11.3 Å². The summed E-state index contributed by atoms with van der Waals surface area (Å²) in [5, 5.41) is 4.49. The fourth-order valence-electron chi connectivity index (χ4n) is 5.55. The number of urea groups is 1. The number of carbonyl (C=O) groups excluding carboxylic acids is 1. The fraction of sp³-hybridized carbons (Fsp3) is 0.300. The van der Waals surface area contributed by atoms with Crippen molar-refractivity contribution >= 4 is 23.1 Å². The lowest BCUT2D eigenvalue weighted by Crippen LogP contribution is -2.38. The summed E-state index contributed by atoms with van der Waals surface area (Å²) < 4.78 is 7.73. The number of fused-ring (bicyclic) bond motifs is 5. The van der Waals surface area contributed by atoms with Crippen molar-refractivity contribution in [1.29, 1.82) is 0 Å². The zero-order valence-electron chi connectivity index (χ0n) is 21.7. The number of anilines is 1. The molecule has 1 N–H and O–H groups in total. The van der Waals surface area contributed by atoms with Crippen molar-refractivity contribution in [2.75, 3.05) is 26.0 Å². The summed E-state index contributed by atoms with van der Waals surface area (Å²) in [5.41, 5.74) is 7.86. The molecule has 0 unspecified atom stereocenters. The van der Waals surface area contributed by atoms with E-state index in [1.807, 2.05) is 41.4 Å². The minimum atomic E-state index is -0.243. The summed E-state index contributed by atoms with van der Waals surface area (Å²) in [5.74, 6) is 0.802. The van der Waals surface area contributed by atoms with Gasteiger partial charge in [-0.05, 0) is 79.9 Å². The number of benzene rings is 2. The Morgan fingerprint density at radius 2 is 1.86 bits per heavy atom. The van der Waals surface area contributed by atoms with Crippen LogP contribution in [0.25, 0.3) is 5.00 Å². The molecule has 2 aliphatic rings. The van der Waals surface area contributed by atoms with Crippen molar-refractivity contribution in [1.82, 2.24) is 14.4 Å². The number of hydrogen-bond donors (Lipinski definition) is 1. The van der Waals surface area contributed by atoms with E-state index in [2.05, 4.69) is 71.4 Å². The molecule has 7 heteroatoms. The lowest BCUT2D eigenvalue weighted by atomic mass is 10.00. The van der Waals surface area contributed by atoms with E-state index in [1.165, 1.54) is 21.0 Å². The molecule has 2 amide bonds. The smallest absolute Gasteiger partial charge is 0.322 e. The van der Waals surface area contributed by atoms with Crippen LogP contribution in [-0.2, 0) is 19.5 Å². The summed E-state index contributed by atoms with van der Waals surface area (Å²) in [6, 6.07) is 18.2. The van der Waals surface area contributed by atoms with Crippen molar-refractivity contribution in [2.45, 2.75) is 39.4 Å². The number of aromatic nitrogens is 1. The van der Waals surface area contributed by atoms with Crippen molar-refractivity contribution < 1.29 is 9.53 Å². The number of nitrogens with one attached hydrogen (secondary N) is 1. The van der Waals surface area contributed by atoms with Crippen molar-refractivity contribution in [3.63, 3.8) is 0 Å². The molecule has 6 rings (SSSR count). The van der Waals surface area contributed by atoms with Gasteiger partial charge in [-0.2, -0.15) is 0 Å². The zero-order chi connectivity index (χ0) is 25.7. The molecular weight excluding hydrogens is 480 g/mol. The second kappa shape index (κ2) is 9.39. The van der Waals surface area contributed by atoms with E-state index in [-0.39, 0.29) is 12.1 Å². The third-order valence-corrected chi connectivity index (χ3v) is 8.84. The molecule has 1 atom stereocenters. The molecule has 0 saturated heterocycles. The van der Waals surface area contributed by atoms with Gasteiger partial charge in [-0.15, -0.1) is 11.3 Å². The molecular formula is C30H32N4O2S. The Bertz CT molecular complexity index is 1470. The number of hydrogen-bond acceptors (Lipinski definition) is 4. The molecule has 0 spiro atoms. The first-order chi connectivity index (χ1) is 17.9. The number of methoxy groups -OCH3 is 1. The topological polar surface area (TPSA) is 49.7 Å². The van der Waals surface area contributed by atoms with E-state index in [0.717, 1.165) is 53.3 Å². The molecule has 4 heterocycles. The van der Waals surface area contributed by atoms with Crippen LogP contribution in [0.4, 0.5) is 10.5 Å². The predicted octanol–water partition coefficient (Wildman–Crippen LogP) is 6.29. The molecule has 0 saturated carbocycles. The first-order valence-electron chi connectivity index (χ1n) is 12.7. The van der Waals surface area contributed by atoms with Gasteiger partial charge in [-0.3, -0.25) is 0 Å². The number of aryl methyl sites for hydroxylation is 2. The molecule has 0 radical (unpaired) electrons. The lowest BCUT2D eigenvalue weighted by molar-refractivity contribution is 0.194.